The van der Waals surface area contributed by atoms with Crippen molar-refractivity contribution < 1.29 is 39.6 Å². The van der Waals surface area contributed by atoms with Gasteiger partial charge in [0.15, 0.2) is 0 Å². The lowest BCUT2D eigenvalue weighted by atomic mass is 10.0. The van der Waals surface area contributed by atoms with Gasteiger partial charge in [-0.3, -0.25) is 14.4 Å². The lowest BCUT2D eigenvalue weighted by molar-refractivity contribution is -0.143. The molecule has 2 rings (SSSR count). The maximum atomic E-state index is 12.7. The lowest BCUT2D eigenvalue weighted by Crippen LogP contribution is -2.60. The Kier molecular flexibility index (Phi) is 10.3. The Morgan fingerprint density at radius 2 is 1.64 bits per heavy atom. The van der Waals surface area contributed by atoms with Crippen LogP contribution >= 0.6 is 0 Å². The van der Waals surface area contributed by atoms with Gasteiger partial charge in [-0.15, -0.1) is 0 Å². The van der Waals surface area contributed by atoms with Crippen molar-refractivity contribution in [1.82, 2.24) is 25.9 Å². The predicted octanol–water partition coefficient (Wildman–Crippen LogP) is -2.86. The van der Waals surface area contributed by atoms with E-state index in [0.29, 0.717) is 11.3 Å². The molecular weight excluding hydrogens is 476 g/mol. The van der Waals surface area contributed by atoms with Crippen LogP contribution in [0.4, 0.5) is 0 Å². The Balaban J connectivity index is 2.02. The summed E-state index contributed by atoms with van der Waals surface area (Å²) >= 11 is 0. The summed E-state index contributed by atoms with van der Waals surface area (Å²) in [5.74, 6) is -4.12. The van der Waals surface area contributed by atoms with Crippen LogP contribution in [0.3, 0.4) is 0 Å². The van der Waals surface area contributed by atoms with E-state index < -0.39 is 60.6 Å². The highest BCUT2D eigenvalue weighted by atomic mass is 16.4. The van der Waals surface area contributed by atoms with E-state index in [1.807, 2.05) is 0 Å². The van der Waals surface area contributed by atoms with Gasteiger partial charge in [-0.05, 0) is 24.6 Å². The second-order valence-electron chi connectivity index (χ2n) is 8.13. The van der Waals surface area contributed by atoms with Crippen molar-refractivity contribution in [3.8, 4) is 5.75 Å². The highest BCUT2D eigenvalue weighted by molar-refractivity contribution is 5.94. The first-order chi connectivity index (χ1) is 17.0. The number of hydrogen-bond donors (Lipinski definition) is 9. The van der Waals surface area contributed by atoms with Gasteiger partial charge in [0.2, 0.25) is 17.7 Å². The molecule has 0 aliphatic heterocycles. The topological polar surface area (TPSA) is 240 Å². The Morgan fingerprint density at radius 1 is 1.00 bits per heavy atom. The number of nitrogens with two attached hydrogens (primary N) is 1. The molecule has 0 bridgehead atoms. The molecule has 14 nitrogen and oxygen atoms in total. The Labute approximate surface area is 205 Å². The molecule has 0 spiro atoms. The third-order valence-corrected chi connectivity index (χ3v) is 5.20. The Bertz CT molecular complexity index is 1030. The van der Waals surface area contributed by atoms with Gasteiger partial charge in [0.05, 0.1) is 25.1 Å². The van der Waals surface area contributed by atoms with E-state index in [0.717, 1.165) is 0 Å². The third-order valence-electron chi connectivity index (χ3n) is 5.20. The second-order valence-corrected chi connectivity index (χ2v) is 8.13. The number of imidazole rings is 1. The number of phenolic OH excluding ortho intramolecular Hbond substituents is 1. The number of amides is 3. The van der Waals surface area contributed by atoms with Crippen LogP contribution in [-0.4, -0.2) is 91.0 Å². The minimum atomic E-state index is -1.59. The van der Waals surface area contributed by atoms with Crippen molar-refractivity contribution in [3.05, 3.63) is 48.0 Å². The SMILES string of the molecule is CC(O)C(NC(=O)C(CO)NC(=O)C(N)Cc1cnc[nH]1)C(=O)NC(Cc1ccc(O)cc1)C(=O)O. The molecule has 5 atom stereocenters. The quantitative estimate of drug-likeness (QED) is 0.135. The molecule has 36 heavy (non-hydrogen) atoms. The number of aliphatic hydroxyl groups excluding tert-OH is 2. The van der Waals surface area contributed by atoms with Crippen LogP contribution in [0.1, 0.15) is 18.2 Å². The van der Waals surface area contributed by atoms with Crippen LogP contribution in [-0.2, 0) is 32.0 Å². The van der Waals surface area contributed by atoms with E-state index >= 15 is 0 Å². The fourth-order valence-electron chi connectivity index (χ4n) is 3.19. The molecule has 1 aromatic heterocycles. The number of nitrogens with zero attached hydrogens (tertiary/aromatic N) is 1. The van der Waals surface area contributed by atoms with E-state index in [9.17, 15) is 39.6 Å². The van der Waals surface area contributed by atoms with Crippen LogP contribution in [0.2, 0.25) is 0 Å². The molecule has 0 saturated carbocycles. The minimum absolute atomic E-state index is 0.0145. The van der Waals surface area contributed by atoms with Crippen LogP contribution in [0.5, 0.6) is 5.75 Å². The number of phenols is 1. The van der Waals surface area contributed by atoms with Crippen molar-refractivity contribution in [1.29, 1.82) is 0 Å². The fraction of sp³-hybridized carbons (Fsp3) is 0.409. The smallest absolute Gasteiger partial charge is 0.326 e. The first-order valence-corrected chi connectivity index (χ1v) is 10.9. The number of carbonyl (C=O) groups excluding carboxylic acids is 3. The molecule has 10 N–H and O–H groups in total. The number of H-pyrrole nitrogens is 1. The van der Waals surface area contributed by atoms with Gasteiger partial charge in [-0.1, -0.05) is 12.1 Å². The van der Waals surface area contributed by atoms with Crippen molar-refractivity contribution in [2.45, 2.75) is 50.0 Å². The van der Waals surface area contributed by atoms with E-state index in [1.165, 1.54) is 43.7 Å². The van der Waals surface area contributed by atoms with Gasteiger partial charge in [0.25, 0.3) is 0 Å². The van der Waals surface area contributed by atoms with Gasteiger partial charge in [0, 0.05) is 24.7 Å². The van der Waals surface area contributed by atoms with E-state index in [1.54, 1.807) is 0 Å². The summed E-state index contributed by atoms with van der Waals surface area (Å²) in [6.45, 7) is 0.369. The molecule has 0 aliphatic carbocycles. The molecule has 0 saturated heterocycles. The molecule has 5 unspecified atom stereocenters. The minimum Gasteiger partial charge on any atom is -0.508 e. The van der Waals surface area contributed by atoms with E-state index in [4.69, 9.17) is 5.73 Å². The zero-order valence-electron chi connectivity index (χ0n) is 19.4. The molecule has 0 aliphatic rings. The van der Waals surface area contributed by atoms with Gasteiger partial charge >= 0.3 is 5.97 Å². The number of carbonyl (C=O) groups is 4. The van der Waals surface area contributed by atoms with Gasteiger partial charge in [-0.2, -0.15) is 0 Å². The summed E-state index contributed by atoms with van der Waals surface area (Å²) in [5.41, 5.74) is 6.90. The maximum Gasteiger partial charge on any atom is 0.326 e. The summed E-state index contributed by atoms with van der Waals surface area (Å²) < 4.78 is 0. The molecule has 0 fully saturated rings. The van der Waals surface area contributed by atoms with Gasteiger partial charge in [-0.25, -0.2) is 9.78 Å². The molecule has 1 aromatic carbocycles. The van der Waals surface area contributed by atoms with Crippen molar-refractivity contribution in [3.63, 3.8) is 0 Å². The van der Waals surface area contributed by atoms with Crippen LogP contribution in [0.25, 0.3) is 0 Å². The Hall–Kier alpha value is -4.01. The lowest BCUT2D eigenvalue weighted by Gasteiger charge is -2.26. The zero-order chi connectivity index (χ0) is 26.8. The van der Waals surface area contributed by atoms with E-state index in [-0.39, 0.29) is 18.6 Å². The highest BCUT2D eigenvalue weighted by Crippen LogP contribution is 2.12. The van der Waals surface area contributed by atoms with Crippen LogP contribution < -0.4 is 21.7 Å². The Morgan fingerprint density at radius 3 is 2.17 bits per heavy atom. The van der Waals surface area contributed by atoms with Crippen molar-refractivity contribution in [2.24, 2.45) is 5.73 Å². The third kappa shape index (κ3) is 8.33. The monoisotopic (exact) mass is 506 g/mol. The summed E-state index contributed by atoms with van der Waals surface area (Å²) in [5, 5.41) is 45.2. The van der Waals surface area contributed by atoms with E-state index in [2.05, 4.69) is 25.9 Å². The summed E-state index contributed by atoms with van der Waals surface area (Å²) in [6, 6.07) is 0.121. The zero-order valence-corrected chi connectivity index (χ0v) is 19.4. The number of hydrogen-bond acceptors (Lipinski definition) is 9. The van der Waals surface area contributed by atoms with Gasteiger partial charge < -0.3 is 47.1 Å². The number of aliphatic carboxylic acids is 1. The van der Waals surface area contributed by atoms with Crippen molar-refractivity contribution in [2.75, 3.05) is 6.61 Å². The molecule has 196 valence electrons. The highest BCUT2D eigenvalue weighted by Gasteiger charge is 2.32. The molecule has 3 amide bonds. The summed E-state index contributed by atoms with van der Waals surface area (Å²) in [4.78, 5) is 56.0. The molecule has 2 aromatic rings. The number of aromatic amines is 1. The summed E-state index contributed by atoms with van der Waals surface area (Å²) in [7, 11) is 0. The normalized spacial score (nSPS) is 15.1. The average Bonchev–Trinajstić information content (AvgIpc) is 3.34. The fourth-order valence-corrected chi connectivity index (χ4v) is 3.19. The molecule has 1 heterocycles. The number of rotatable bonds is 13. The number of aliphatic hydroxyl groups is 2. The standard InChI is InChI=1S/C22H30N6O8/c1-11(30)18(21(34)26-16(22(35)36)6-12-2-4-14(31)5-3-12)28-20(33)17(9-29)27-19(32)15(23)7-13-8-24-10-25-13/h2-5,8,10-11,15-18,29-31H,6-7,9,23H2,1H3,(H,24,25)(H,26,34)(H,27,32)(H,28,33)(H,35,36). The molecule has 0 radical (unpaired) electrons. The molecule has 14 heteroatoms. The number of aromatic nitrogens is 2. The maximum absolute atomic E-state index is 12.7. The predicted molar refractivity (Wildman–Crippen MR) is 124 cm³/mol. The van der Waals surface area contributed by atoms with Crippen molar-refractivity contribution >= 4 is 23.7 Å². The first-order valence-electron chi connectivity index (χ1n) is 10.9. The molecular formula is C22H30N6O8. The largest absolute Gasteiger partial charge is 0.508 e. The first kappa shape index (κ1) is 28.2. The van der Waals surface area contributed by atoms with Crippen LogP contribution in [0, 0.1) is 0 Å². The number of carboxylic acids is 1. The average molecular weight is 507 g/mol. The number of nitrogens with one attached hydrogen (secondary N) is 4. The number of benzene rings is 1. The number of aromatic hydroxyl groups is 1. The number of carboxylic acid groups (broad SMARTS) is 1. The second kappa shape index (κ2) is 13.2. The summed E-state index contributed by atoms with van der Waals surface area (Å²) in [6.07, 6.45) is 1.38. The van der Waals surface area contributed by atoms with Gasteiger partial charge in [0.1, 0.15) is 23.9 Å². The van der Waals surface area contributed by atoms with Crippen LogP contribution in [0.15, 0.2) is 36.8 Å².